The van der Waals surface area contributed by atoms with E-state index in [2.05, 4.69) is 6.58 Å². The van der Waals surface area contributed by atoms with E-state index < -0.39 is 11.9 Å². The van der Waals surface area contributed by atoms with E-state index in [1.165, 1.54) is 29.3 Å². The molecule has 0 unspecified atom stereocenters. The molecule has 0 radical (unpaired) electrons. The summed E-state index contributed by atoms with van der Waals surface area (Å²) in [6, 6.07) is 3.99. The first-order valence-corrected chi connectivity index (χ1v) is 6.52. The molecule has 1 aromatic carbocycles. The third-order valence-corrected chi connectivity index (χ3v) is 3.44. The lowest BCUT2D eigenvalue weighted by molar-refractivity contribution is 0.0829. The number of amides is 3. The molecular formula is C14H12Cl2N2O2. The summed E-state index contributed by atoms with van der Waals surface area (Å²) in [6.45, 7) is 5.55. The predicted molar refractivity (Wildman–Crippen MR) is 78.7 cm³/mol. The number of benzene rings is 1. The van der Waals surface area contributed by atoms with Crippen molar-refractivity contribution in [2.24, 2.45) is 0 Å². The summed E-state index contributed by atoms with van der Waals surface area (Å²) < 4.78 is 0. The molecule has 2 rings (SSSR count). The zero-order valence-corrected chi connectivity index (χ0v) is 12.5. The molecule has 1 aliphatic rings. The summed E-state index contributed by atoms with van der Waals surface area (Å²) in [5.41, 5.74) is 1.54. The smallest absolute Gasteiger partial charge is 0.297 e. The van der Waals surface area contributed by atoms with Gasteiger partial charge in [-0.1, -0.05) is 29.8 Å². The van der Waals surface area contributed by atoms with Crippen molar-refractivity contribution in [2.75, 3.05) is 7.05 Å². The average Bonchev–Trinajstić information content (AvgIpc) is 2.38. The van der Waals surface area contributed by atoms with Gasteiger partial charge in [0.15, 0.2) is 0 Å². The van der Waals surface area contributed by atoms with Gasteiger partial charge in [-0.05, 0) is 30.7 Å². The van der Waals surface area contributed by atoms with E-state index in [4.69, 9.17) is 23.2 Å². The summed E-state index contributed by atoms with van der Waals surface area (Å²) in [5, 5.41) is 0.674. The van der Waals surface area contributed by atoms with E-state index >= 15 is 0 Å². The van der Waals surface area contributed by atoms with Crippen LogP contribution in [-0.2, 0) is 0 Å². The van der Waals surface area contributed by atoms with Gasteiger partial charge in [0.25, 0.3) is 5.91 Å². The first-order chi connectivity index (χ1) is 9.31. The average molecular weight is 311 g/mol. The normalized spacial score (nSPS) is 15.5. The van der Waals surface area contributed by atoms with Crippen molar-refractivity contribution in [2.45, 2.75) is 6.92 Å². The molecule has 0 aliphatic carbocycles. The molecule has 0 bridgehead atoms. The van der Waals surface area contributed by atoms with Gasteiger partial charge in [-0.2, -0.15) is 0 Å². The Balaban J connectivity index is 2.43. The van der Waals surface area contributed by atoms with Gasteiger partial charge in [-0.3, -0.25) is 9.69 Å². The maximum absolute atomic E-state index is 12.4. The Bertz CT molecular complexity index is 632. The molecule has 0 N–H and O–H groups in total. The fourth-order valence-electron chi connectivity index (χ4n) is 1.83. The maximum atomic E-state index is 12.4. The number of carbonyl (C=O) groups excluding carboxylic acids is 2. The van der Waals surface area contributed by atoms with Crippen LogP contribution < -0.4 is 0 Å². The van der Waals surface area contributed by atoms with Crippen LogP contribution >= 0.6 is 23.2 Å². The second kappa shape index (κ2) is 5.31. The Labute approximate surface area is 126 Å². The lowest BCUT2D eigenvalue weighted by Gasteiger charge is -2.31. The number of halogens is 2. The maximum Gasteiger partial charge on any atom is 0.335 e. The molecule has 1 heterocycles. The Morgan fingerprint density at radius 1 is 1.20 bits per heavy atom. The van der Waals surface area contributed by atoms with E-state index in [0.717, 1.165) is 10.5 Å². The first kappa shape index (κ1) is 14.6. The predicted octanol–water partition coefficient (Wildman–Crippen LogP) is 3.92. The zero-order valence-electron chi connectivity index (χ0n) is 11.0. The Morgan fingerprint density at radius 2 is 1.75 bits per heavy atom. The second-order valence-electron chi connectivity index (χ2n) is 4.43. The zero-order chi connectivity index (χ0) is 15.0. The Hall–Kier alpha value is -1.78. The van der Waals surface area contributed by atoms with Crippen LogP contribution in [0.1, 0.15) is 17.3 Å². The van der Waals surface area contributed by atoms with Crippen LogP contribution in [0.25, 0.3) is 0 Å². The topological polar surface area (TPSA) is 40.6 Å². The molecule has 1 aromatic rings. The van der Waals surface area contributed by atoms with Gasteiger partial charge in [0, 0.05) is 34.6 Å². The minimum absolute atomic E-state index is 0.251. The molecule has 0 saturated heterocycles. The van der Waals surface area contributed by atoms with Crippen molar-refractivity contribution in [1.29, 1.82) is 0 Å². The lowest BCUT2D eigenvalue weighted by Crippen LogP contribution is -2.44. The van der Waals surface area contributed by atoms with Crippen LogP contribution in [0.5, 0.6) is 0 Å². The van der Waals surface area contributed by atoms with Crippen LogP contribution in [0, 0.1) is 0 Å². The second-order valence-corrected chi connectivity index (χ2v) is 5.31. The van der Waals surface area contributed by atoms with Gasteiger partial charge in [-0.25, -0.2) is 9.69 Å². The molecule has 0 saturated carbocycles. The van der Waals surface area contributed by atoms with Gasteiger partial charge in [0.1, 0.15) is 0 Å². The summed E-state index contributed by atoms with van der Waals surface area (Å²) in [4.78, 5) is 26.9. The minimum atomic E-state index is -0.488. The van der Waals surface area contributed by atoms with E-state index in [1.807, 2.05) is 0 Å². The fraction of sp³-hybridized carbons (Fsp3) is 0.143. The summed E-state index contributed by atoms with van der Waals surface area (Å²) in [5.74, 6) is -0.488. The van der Waals surface area contributed by atoms with Gasteiger partial charge in [0.05, 0.1) is 0 Å². The number of imide groups is 1. The van der Waals surface area contributed by atoms with Crippen LogP contribution in [0.15, 0.2) is 42.2 Å². The first-order valence-electron chi connectivity index (χ1n) is 5.76. The molecule has 20 heavy (non-hydrogen) atoms. The van der Waals surface area contributed by atoms with Crippen molar-refractivity contribution in [3.8, 4) is 0 Å². The number of carbonyl (C=O) groups is 2. The number of rotatable bonds is 1. The molecule has 0 atom stereocenters. The highest BCUT2D eigenvalue weighted by atomic mass is 35.5. The van der Waals surface area contributed by atoms with Crippen LogP contribution in [-0.4, -0.2) is 28.8 Å². The monoisotopic (exact) mass is 310 g/mol. The largest absolute Gasteiger partial charge is 0.335 e. The Kier molecular flexibility index (Phi) is 3.88. The fourth-order valence-corrected chi connectivity index (χ4v) is 2.35. The highest BCUT2D eigenvalue weighted by molar-refractivity contribution is 6.35. The van der Waals surface area contributed by atoms with E-state index in [9.17, 15) is 9.59 Å². The molecule has 1 aliphatic heterocycles. The number of hydrogen-bond acceptors (Lipinski definition) is 2. The van der Waals surface area contributed by atoms with E-state index in [0.29, 0.717) is 15.7 Å². The van der Waals surface area contributed by atoms with E-state index in [1.54, 1.807) is 14.0 Å². The van der Waals surface area contributed by atoms with Crippen molar-refractivity contribution >= 4 is 35.1 Å². The quantitative estimate of drug-likeness (QED) is 0.789. The minimum Gasteiger partial charge on any atom is -0.297 e. The highest BCUT2D eigenvalue weighted by Gasteiger charge is 2.30. The lowest BCUT2D eigenvalue weighted by atomic mass is 10.1. The number of allylic oxidation sites excluding steroid dienone is 1. The van der Waals surface area contributed by atoms with Crippen molar-refractivity contribution in [1.82, 2.24) is 9.80 Å². The standard InChI is InChI=1S/C14H12Cl2N2O2/c1-8-7-18(14(20)17(3)9(8)2)13(19)10-4-11(15)6-12(16)5-10/h4-7H,2H2,1,3H3. The number of nitrogens with zero attached hydrogens (tertiary/aromatic N) is 2. The highest BCUT2D eigenvalue weighted by Crippen LogP contribution is 2.24. The third-order valence-electron chi connectivity index (χ3n) is 3.00. The molecule has 3 amide bonds. The molecule has 104 valence electrons. The molecule has 0 spiro atoms. The number of hydrogen-bond donors (Lipinski definition) is 0. The van der Waals surface area contributed by atoms with Crippen LogP contribution in [0.3, 0.4) is 0 Å². The molecule has 0 fully saturated rings. The summed E-state index contributed by atoms with van der Waals surface area (Å²) >= 11 is 11.7. The van der Waals surface area contributed by atoms with Crippen molar-refractivity contribution in [3.05, 3.63) is 57.9 Å². The number of urea groups is 1. The molecule has 0 aromatic heterocycles. The van der Waals surface area contributed by atoms with Gasteiger partial charge in [-0.15, -0.1) is 0 Å². The van der Waals surface area contributed by atoms with Gasteiger partial charge < -0.3 is 0 Å². The Morgan fingerprint density at radius 3 is 2.30 bits per heavy atom. The van der Waals surface area contributed by atoms with Gasteiger partial charge in [0.2, 0.25) is 0 Å². The summed E-state index contributed by atoms with van der Waals surface area (Å²) in [7, 11) is 1.56. The van der Waals surface area contributed by atoms with Crippen molar-refractivity contribution < 1.29 is 9.59 Å². The molecular weight excluding hydrogens is 299 g/mol. The van der Waals surface area contributed by atoms with Crippen LogP contribution in [0.2, 0.25) is 10.0 Å². The van der Waals surface area contributed by atoms with Gasteiger partial charge >= 0.3 is 6.03 Å². The molecule has 4 nitrogen and oxygen atoms in total. The van der Waals surface area contributed by atoms with E-state index in [-0.39, 0.29) is 5.56 Å². The number of likely N-dealkylation sites (N-methyl/N-ethyl adjacent to an activating group) is 1. The van der Waals surface area contributed by atoms with Crippen LogP contribution in [0.4, 0.5) is 4.79 Å². The SMILES string of the molecule is C=C1C(C)=CN(C(=O)c2cc(Cl)cc(Cl)c2)C(=O)N1C. The third kappa shape index (κ3) is 2.57. The van der Waals surface area contributed by atoms with Crippen molar-refractivity contribution in [3.63, 3.8) is 0 Å². The summed E-state index contributed by atoms with van der Waals surface area (Å²) in [6.07, 6.45) is 1.46. The molecule has 6 heteroatoms.